The van der Waals surface area contributed by atoms with Gasteiger partial charge < -0.3 is 20.1 Å². The molecule has 2 aromatic carbocycles. The van der Waals surface area contributed by atoms with Crippen LogP contribution in [-0.2, 0) is 9.53 Å². The number of cyclic esters (lactones) is 1. The quantitative estimate of drug-likeness (QED) is 0.886. The molecule has 1 unspecified atom stereocenters. The Morgan fingerprint density at radius 3 is 2.67 bits per heavy atom. The summed E-state index contributed by atoms with van der Waals surface area (Å²) in [7, 11) is 0. The van der Waals surface area contributed by atoms with Gasteiger partial charge in [-0.3, -0.25) is 4.79 Å². The van der Waals surface area contributed by atoms with E-state index < -0.39 is 6.09 Å². The van der Waals surface area contributed by atoms with Gasteiger partial charge in [0.25, 0.3) is 5.91 Å². The van der Waals surface area contributed by atoms with E-state index in [9.17, 15) is 9.59 Å². The Hall–Kier alpha value is -3.02. The third-order valence-corrected chi connectivity index (χ3v) is 3.70. The summed E-state index contributed by atoms with van der Waals surface area (Å²) in [5.41, 5.74) is 2.52. The highest BCUT2D eigenvalue weighted by molar-refractivity contribution is 5.91. The Kier molecular flexibility index (Phi) is 4.65. The second-order valence-corrected chi connectivity index (χ2v) is 5.50. The van der Waals surface area contributed by atoms with Crippen LogP contribution in [0.25, 0.3) is 0 Å². The van der Waals surface area contributed by atoms with Gasteiger partial charge in [-0.15, -0.1) is 0 Å². The van der Waals surface area contributed by atoms with Crippen LogP contribution < -0.4 is 15.4 Å². The van der Waals surface area contributed by atoms with Crippen LogP contribution in [0.1, 0.15) is 17.2 Å². The summed E-state index contributed by atoms with van der Waals surface area (Å²) in [6, 6.07) is 14.7. The van der Waals surface area contributed by atoms with Gasteiger partial charge in [0.05, 0.1) is 6.54 Å². The van der Waals surface area contributed by atoms with Crippen LogP contribution in [0.2, 0.25) is 0 Å². The maximum absolute atomic E-state index is 12.0. The van der Waals surface area contributed by atoms with Crippen molar-refractivity contribution in [3.63, 3.8) is 0 Å². The van der Waals surface area contributed by atoms with Gasteiger partial charge in [-0.25, -0.2) is 4.79 Å². The maximum atomic E-state index is 12.0. The fourth-order valence-corrected chi connectivity index (χ4v) is 2.41. The van der Waals surface area contributed by atoms with Gasteiger partial charge in [-0.2, -0.15) is 0 Å². The van der Waals surface area contributed by atoms with Crippen LogP contribution in [0.3, 0.4) is 0 Å². The molecule has 1 fully saturated rings. The third kappa shape index (κ3) is 3.84. The normalized spacial score (nSPS) is 16.2. The summed E-state index contributed by atoms with van der Waals surface area (Å²) in [5.74, 6) is 0.457. The van der Waals surface area contributed by atoms with Gasteiger partial charge in [0, 0.05) is 5.69 Å². The summed E-state index contributed by atoms with van der Waals surface area (Å²) in [5, 5.41) is 5.38. The Bertz CT molecular complexity index is 743. The van der Waals surface area contributed by atoms with Crippen molar-refractivity contribution < 1.29 is 19.1 Å². The molecular formula is C18H18N2O4. The van der Waals surface area contributed by atoms with Crippen LogP contribution in [0.5, 0.6) is 5.75 Å². The number of benzene rings is 2. The molecular weight excluding hydrogens is 308 g/mol. The largest absolute Gasteiger partial charge is 0.483 e. The first-order valence-electron chi connectivity index (χ1n) is 7.64. The molecule has 1 saturated heterocycles. The van der Waals surface area contributed by atoms with Crippen molar-refractivity contribution in [3.05, 3.63) is 59.7 Å². The predicted molar refractivity (Wildman–Crippen MR) is 89.0 cm³/mol. The number of rotatable bonds is 5. The van der Waals surface area contributed by atoms with Crippen molar-refractivity contribution >= 4 is 17.7 Å². The zero-order chi connectivity index (χ0) is 16.9. The maximum Gasteiger partial charge on any atom is 0.407 e. The van der Waals surface area contributed by atoms with Crippen LogP contribution in [0, 0.1) is 6.92 Å². The lowest BCUT2D eigenvalue weighted by Crippen LogP contribution is -2.20. The van der Waals surface area contributed by atoms with Crippen LogP contribution in [0.4, 0.5) is 10.5 Å². The van der Waals surface area contributed by atoms with Gasteiger partial charge >= 0.3 is 6.09 Å². The van der Waals surface area contributed by atoms with Crippen molar-refractivity contribution in [2.45, 2.75) is 13.0 Å². The number of alkyl carbamates (subject to hydrolysis) is 1. The highest BCUT2D eigenvalue weighted by Gasteiger charge is 2.23. The number of ether oxygens (including phenoxy) is 2. The molecule has 6 nitrogen and oxygen atoms in total. The topological polar surface area (TPSA) is 76.7 Å². The minimum atomic E-state index is -0.411. The minimum absolute atomic E-state index is 0.0588. The molecule has 0 saturated carbocycles. The predicted octanol–water partition coefficient (Wildman–Crippen LogP) is 2.79. The molecule has 2 N–H and O–H groups in total. The summed E-state index contributed by atoms with van der Waals surface area (Å²) in [6.45, 7) is 2.32. The third-order valence-electron chi connectivity index (χ3n) is 3.70. The van der Waals surface area contributed by atoms with E-state index in [1.807, 2.05) is 43.3 Å². The molecule has 0 bridgehead atoms. The van der Waals surface area contributed by atoms with E-state index in [4.69, 9.17) is 9.47 Å². The van der Waals surface area contributed by atoms with Crippen LogP contribution in [-0.4, -0.2) is 25.2 Å². The molecule has 0 radical (unpaired) electrons. The van der Waals surface area contributed by atoms with E-state index in [1.54, 1.807) is 12.1 Å². The number of carbonyl (C=O) groups excluding carboxylic acids is 2. The SMILES string of the molecule is Cc1ccccc1OCC(=O)Nc1ccc(C2CNC(=O)O2)cc1. The molecule has 2 amide bonds. The zero-order valence-corrected chi connectivity index (χ0v) is 13.2. The number of anilines is 1. The molecule has 1 aliphatic rings. The molecule has 1 heterocycles. The average molecular weight is 326 g/mol. The van der Waals surface area contributed by atoms with Gasteiger partial charge in [-0.1, -0.05) is 30.3 Å². The Labute approximate surface area is 139 Å². The number of hydrogen-bond donors (Lipinski definition) is 2. The van der Waals surface area contributed by atoms with Crippen molar-refractivity contribution in [2.24, 2.45) is 0 Å². The number of nitrogens with one attached hydrogen (secondary N) is 2. The Morgan fingerprint density at radius 1 is 1.25 bits per heavy atom. The zero-order valence-electron chi connectivity index (χ0n) is 13.2. The number of amides is 2. The molecule has 0 aliphatic carbocycles. The average Bonchev–Trinajstić information content (AvgIpc) is 3.01. The summed E-state index contributed by atoms with van der Waals surface area (Å²) in [6.07, 6.45) is -0.697. The summed E-state index contributed by atoms with van der Waals surface area (Å²) < 4.78 is 10.6. The second-order valence-electron chi connectivity index (χ2n) is 5.50. The van der Waals surface area contributed by atoms with Gasteiger partial charge in [0.1, 0.15) is 11.9 Å². The Balaban J connectivity index is 1.53. The van der Waals surface area contributed by atoms with E-state index in [2.05, 4.69) is 10.6 Å². The van der Waals surface area contributed by atoms with Crippen molar-refractivity contribution in [1.29, 1.82) is 0 Å². The van der Waals surface area contributed by atoms with Gasteiger partial charge in [0.15, 0.2) is 6.61 Å². The molecule has 0 aromatic heterocycles. The van der Waals surface area contributed by atoms with Crippen molar-refractivity contribution in [3.8, 4) is 5.75 Å². The lowest BCUT2D eigenvalue weighted by molar-refractivity contribution is -0.118. The van der Waals surface area contributed by atoms with Crippen molar-refractivity contribution in [1.82, 2.24) is 5.32 Å². The van der Waals surface area contributed by atoms with Gasteiger partial charge in [0.2, 0.25) is 0 Å². The highest BCUT2D eigenvalue weighted by atomic mass is 16.6. The van der Waals surface area contributed by atoms with E-state index in [0.29, 0.717) is 18.0 Å². The fraction of sp³-hybridized carbons (Fsp3) is 0.222. The first kappa shape index (κ1) is 15.9. The smallest absolute Gasteiger partial charge is 0.407 e. The van der Waals surface area contributed by atoms with E-state index in [0.717, 1.165) is 11.1 Å². The highest BCUT2D eigenvalue weighted by Crippen LogP contribution is 2.22. The lowest BCUT2D eigenvalue weighted by atomic mass is 10.1. The number of aryl methyl sites for hydroxylation is 1. The first-order chi connectivity index (χ1) is 11.6. The Morgan fingerprint density at radius 2 is 2.00 bits per heavy atom. The fourth-order valence-electron chi connectivity index (χ4n) is 2.41. The van der Waals surface area contributed by atoms with Crippen LogP contribution in [0.15, 0.2) is 48.5 Å². The molecule has 3 rings (SSSR count). The standard InChI is InChI=1S/C18H18N2O4/c1-12-4-2-3-5-15(12)23-11-17(21)20-14-8-6-13(7-9-14)16-10-19-18(22)24-16/h2-9,16H,10-11H2,1H3,(H,19,22)(H,20,21). The summed E-state index contributed by atoms with van der Waals surface area (Å²) in [4.78, 5) is 23.0. The monoisotopic (exact) mass is 326 g/mol. The number of carbonyl (C=O) groups is 2. The minimum Gasteiger partial charge on any atom is -0.483 e. The summed E-state index contributed by atoms with van der Waals surface area (Å²) >= 11 is 0. The number of para-hydroxylation sites is 1. The van der Waals surface area contributed by atoms with E-state index in [-0.39, 0.29) is 18.6 Å². The number of hydrogen-bond acceptors (Lipinski definition) is 4. The van der Waals surface area contributed by atoms with Crippen molar-refractivity contribution in [2.75, 3.05) is 18.5 Å². The second kappa shape index (κ2) is 7.04. The van der Waals surface area contributed by atoms with Crippen LogP contribution >= 0.6 is 0 Å². The molecule has 6 heteroatoms. The van der Waals surface area contributed by atoms with E-state index in [1.165, 1.54) is 0 Å². The lowest BCUT2D eigenvalue weighted by Gasteiger charge is -2.11. The molecule has 24 heavy (non-hydrogen) atoms. The molecule has 1 aliphatic heterocycles. The van der Waals surface area contributed by atoms with E-state index >= 15 is 0 Å². The first-order valence-corrected chi connectivity index (χ1v) is 7.64. The van der Waals surface area contributed by atoms with Gasteiger partial charge in [-0.05, 0) is 36.2 Å². The molecule has 2 aromatic rings. The molecule has 0 spiro atoms. The molecule has 124 valence electrons. The molecule has 1 atom stereocenters.